The van der Waals surface area contributed by atoms with Crippen molar-refractivity contribution < 1.29 is 9.18 Å². The van der Waals surface area contributed by atoms with Crippen LogP contribution in [0.15, 0.2) is 45.6 Å². The number of amides is 1. The molecule has 9 heteroatoms. The van der Waals surface area contributed by atoms with Crippen molar-refractivity contribution in [1.29, 1.82) is 0 Å². The van der Waals surface area contributed by atoms with Gasteiger partial charge in [0.2, 0.25) is 5.91 Å². The second-order valence-corrected chi connectivity index (χ2v) is 7.48. The minimum atomic E-state index is -0.275. The molecule has 3 aromatic rings. The van der Waals surface area contributed by atoms with Crippen molar-refractivity contribution in [2.24, 2.45) is 0 Å². The second-order valence-electron chi connectivity index (χ2n) is 5.77. The lowest BCUT2D eigenvalue weighted by atomic mass is 10.2. The number of aromatic nitrogens is 4. The number of nitrogens with one attached hydrogen (secondary N) is 1. The van der Waals surface area contributed by atoms with Gasteiger partial charge in [-0.3, -0.25) is 14.2 Å². The van der Waals surface area contributed by atoms with E-state index < -0.39 is 0 Å². The molecule has 1 aromatic carbocycles. The van der Waals surface area contributed by atoms with E-state index in [-0.39, 0.29) is 18.1 Å². The molecule has 0 saturated carbocycles. The van der Waals surface area contributed by atoms with Gasteiger partial charge in [0.05, 0.1) is 21.2 Å². The molecule has 0 bridgehead atoms. The number of hydrogen-bond acceptors (Lipinski definition) is 3. The van der Waals surface area contributed by atoms with E-state index in [4.69, 9.17) is 0 Å². The number of carbonyl (C=O) groups excluding carboxylic acids is 1. The van der Waals surface area contributed by atoms with Crippen LogP contribution in [0.5, 0.6) is 0 Å². The van der Waals surface area contributed by atoms with Crippen LogP contribution in [0.4, 0.5) is 10.2 Å². The van der Waals surface area contributed by atoms with Crippen LogP contribution in [0.2, 0.25) is 0 Å². The van der Waals surface area contributed by atoms with Gasteiger partial charge in [0, 0.05) is 25.4 Å². The first-order valence-electron chi connectivity index (χ1n) is 7.87. The van der Waals surface area contributed by atoms with E-state index >= 15 is 0 Å². The van der Waals surface area contributed by atoms with Gasteiger partial charge in [0.1, 0.15) is 5.82 Å². The van der Waals surface area contributed by atoms with E-state index in [2.05, 4.69) is 47.4 Å². The summed E-state index contributed by atoms with van der Waals surface area (Å²) in [5.74, 6) is 0.0275. The Hall–Kier alpha value is -2.00. The Labute approximate surface area is 166 Å². The highest BCUT2D eigenvalue weighted by atomic mass is 79.9. The number of nitrogens with zero attached hydrogens (tertiary/aromatic N) is 4. The molecule has 0 unspecified atom stereocenters. The normalized spacial score (nSPS) is 10.9. The summed E-state index contributed by atoms with van der Waals surface area (Å²) >= 11 is 6.79. The Kier molecular flexibility index (Phi) is 5.87. The highest BCUT2D eigenvalue weighted by Gasteiger charge is 2.11. The summed E-state index contributed by atoms with van der Waals surface area (Å²) in [6.07, 6.45) is 3.90. The number of benzene rings is 1. The van der Waals surface area contributed by atoms with Gasteiger partial charge in [0.25, 0.3) is 0 Å². The summed E-state index contributed by atoms with van der Waals surface area (Å²) < 4.78 is 18.0. The zero-order valence-corrected chi connectivity index (χ0v) is 17.1. The lowest BCUT2D eigenvalue weighted by molar-refractivity contribution is -0.116. The number of anilines is 1. The predicted molar refractivity (Wildman–Crippen MR) is 103 cm³/mol. The zero-order chi connectivity index (χ0) is 18.7. The van der Waals surface area contributed by atoms with Gasteiger partial charge in [-0.25, -0.2) is 4.39 Å². The maximum atomic E-state index is 13.0. The van der Waals surface area contributed by atoms with Crippen molar-refractivity contribution in [3.8, 4) is 0 Å². The SMILES string of the molecule is Cc1nn(CCC(=O)Nc2nn(Cc3ccc(F)cc3)cc2Br)cc1Br. The van der Waals surface area contributed by atoms with Crippen LogP contribution >= 0.6 is 31.9 Å². The fourth-order valence-corrected chi connectivity index (χ4v) is 3.09. The molecule has 0 radical (unpaired) electrons. The number of halogens is 3. The third kappa shape index (κ3) is 4.79. The molecule has 2 aromatic heterocycles. The molecule has 0 aliphatic rings. The summed E-state index contributed by atoms with van der Waals surface area (Å²) in [6.45, 7) is 2.85. The first-order valence-corrected chi connectivity index (χ1v) is 9.46. The number of carbonyl (C=O) groups is 1. The van der Waals surface area contributed by atoms with Gasteiger partial charge < -0.3 is 5.32 Å². The summed E-state index contributed by atoms with van der Waals surface area (Å²) in [7, 11) is 0. The minimum Gasteiger partial charge on any atom is -0.308 e. The molecule has 1 amide bonds. The topological polar surface area (TPSA) is 64.7 Å². The van der Waals surface area contributed by atoms with Gasteiger partial charge >= 0.3 is 0 Å². The first-order chi connectivity index (χ1) is 12.4. The number of rotatable bonds is 6. The van der Waals surface area contributed by atoms with Crippen LogP contribution in [0.1, 0.15) is 17.7 Å². The van der Waals surface area contributed by atoms with E-state index in [1.807, 2.05) is 13.1 Å². The average Bonchev–Trinajstić information content (AvgIpc) is 3.10. The van der Waals surface area contributed by atoms with Crippen LogP contribution in [0.25, 0.3) is 0 Å². The monoisotopic (exact) mass is 483 g/mol. The highest BCUT2D eigenvalue weighted by molar-refractivity contribution is 9.10. The Morgan fingerprint density at radius 3 is 2.46 bits per heavy atom. The quantitative estimate of drug-likeness (QED) is 0.572. The predicted octanol–water partition coefficient (Wildman–Crippen LogP) is 4.13. The molecule has 1 N–H and O–H groups in total. The molecule has 0 aliphatic heterocycles. The molecule has 0 saturated heterocycles. The van der Waals surface area contributed by atoms with Crippen LogP contribution in [0, 0.1) is 12.7 Å². The van der Waals surface area contributed by atoms with Crippen LogP contribution in [-0.4, -0.2) is 25.5 Å². The minimum absolute atomic E-state index is 0.151. The molecular weight excluding hydrogens is 469 g/mol. The molecule has 136 valence electrons. The second kappa shape index (κ2) is 8.13. The maximum absolute atomic E-state index is 13.0. The number of aryl methyl sites for hydroxylation is 2. The molecule has 0 fully saturated rings. The van der Waals surface area contributed by atoms with Crippen molar-refractivity contribution >= 4 is 43.6 Å². The van der Waals surface area contributed by atoms with E-state index in [0.29, 0.717) is 23.4 Å². The third-order valence-electron chi connectivity index (χ3n) is 3.69. The van der Waals surface area contributed by atoms with Crippen molar-refractivity contribution in [3.05, 3.63) is 62.7 Å². The Morgan fingerprint density at radius 1 is 1.12 bits per heavy atom. The average molecular weight is 485 g/mol. The van der Waals surface area contributed by atoms with E-state index in [9.17, 15) is 9.18 Å². The van der Waals surface area contributed by atoms with Gasteiger partial charge in [0.15, 0.2) is 5.82 Å². The smallest absolute Gasteiger partial charge is 0.227 e. The van der Waals surface area contributed by atoms with Gasteiger partial charge in [-0.2, -0.15) is 10.2 Å². The lowest BCUT2D eigenvalue weighted by Crippen LogP contribution is -2.15. The molecule has 0 spiro atoms. The standard InChI is InChI=1S/C17H16Br2FN5O/c1-11-14(18)9-24(22-11)7-6-16(26)21-17-15(19)10-25(23-17)8-12-2-4-13(20)5-3-12/h2-5,9-10H,6-8H2,1H3,(H,21,23,26). The summed E-state index contributed by atoms with van der Waals surface area (Å²) in [5.41, 5.74) is 1.80. The van der Waals surface area contributed by atoms with Crippen LogP contribution in [0.3, 0.4) is 0 Å². The van der Waals surface area contributed by atoms with Gasteiger partial charge in [-0.15, -0.1) is 0 Å². The van der Waals surface area contributed by atoms with Crippen molar-refractivity contribution in [3.63, 3.8) is 0 Å². The Balaban J connectivity index is 1.58. The fraction of sp³-hybridized carbons (Fsp3) is 0.235. The first kappa shape index (κ1) is 18.8. The molecule has 3 rings (SSSR count). The van der Waals surface area contributed by atoms with Crippen molar-refractivity contribution in [2.75, 3.05) is 5.32 Å². The molecule has 0 aliphatic carbocycles. The fourth-order valence-electron chi connectivity index (χ4n) is 2.36. The zero-order valence-electron chi connectivity index (χ0n) is 13.9. The van der Waals surface area contributed by atoms with Crippen LogP contribution in [-0.2, 0) is 17.9 Å². The van der Waals surface area contributed by atoms with Crippen molar-refractivity contribution in [2.45, 2.75) is 26.4 Å². The van der Waals surface area contributed by atoms with E-state index in [1.54, 1.807) is 27.7 Å². The number of hydrogen-bond donors (Lipinski definition) is 1. The molecule has 6 nitrogen and oxygen atoms in total. The molecule has 26 heavy (non-hydrogen) atoms. The van der Waals surface area contributed by atoms with E-state index in [0.717, 1.165) is 15.7 Å². The van der Waals surface area contributed by atoms with Crippen molar-refractivity contribution in [1.82, 2.24) is 19.6 Å². The maximum Gasteiger partial charge on any atom is 0.227 e. The molecule has 0 atom stereocenters. The molecule has 2 heterocycles. The van der Waals surface area contributed by atoms with Gasteiger partial charge in [-0.05, 0) is 56.5 Å². The Morgan fingerprint density at radius 2 is 1.81 bits per heavy atom. The van der Waals surface area contributed by atoms with Crippen LogP contribution < -0.4 is 5.32 Å². The summed E-state index contributed by atoms with van der Waals surface area (Å²) in [5, 5.41) is 11.4. The van der Waals surface area contributed by atoms with E-state index in [1.165, 1.54) is 12.1 Å². The highest BCUT2D eigenvalue weighted by Crippen LogP contribution is 2.21. The molecular formula is C17H16Br2FN5O. The summed E-state index contributed by atoms with van der Waals surface area (Å²) in [6, 6.07) is 6.22. The lowest BCUT2D eigenvalue weighted by Gasteiger charge is -2.04. The third-order valence-corrected chi connectivity index (χ3v) is 5.05. The van der Waals surface area contributed by atoms with Gasteiger partial charge in [-0.1, -0.05) is 12.1 Å². The Bertz CT molecular complexity index is 900. The summed E-state index contributed by atoms with van der Waals surface area (Å²) in [4.78, 5) is 12.2. The largest absolute Gasteiger partial charge is 0.308 e.